The minimum atomic E-state index is -1.64. The lowest BCUT2D eigenvalue weighted by molar-refractivity contribution is -0.272. The standard InChI is InChI=1S/C6H10O6/c7-1-2-3(8)4(9)5(10)6(11)12-2/h1-6,8-11H/t2?,3-,4-,5?,6+/m0/s1. The van der Waals surface area contributed by atoms with Crippen LogP contribution in [0.2, 0.25) is 0 Å². The van der Waals surface area contributed by atoms with Gasteiger partial charge in [-0.15, -0.1) is 0 Å². The zero-order valence-corrected chi connectivity index (χ0v) is 6.07. The van der Waals surface area contributed by atoms with Gasteiger partial charge in [0.15, 0.2) is 12.6 Å². The quantitative estimate of drug-likeness (QED) is 0.318. The Morgan fingerprint density at radius 1 is 1.00 bits per heavy atom. The van der Waals surface area contributed by atoms with Crippen molar-refractivity contribution < 1.29 is 30.0 Å². The SMILES string of the molecule is O=CC1O[C@@H](O)C(O)[C@@H](O)[C@H]1O. The molecule has 0 amide bonds. The zero-order chi connectivity index (χ0) is 9.30. The normalized spacial score (nSPS) is 48.8. The third-order valence-corrected chi connectivity index (χ3v) is 1.76. The molecule has 1 saturated heterocycles. The summed E-state index contributed by atoms with van der Waals surface area (Å²) in [4.78, 5) is 10.2. The van der Waals surface area contributed by atoms with Gasteiger partial charge in [0.2, 0.25) is 0 Å². The first-order chi connectivity index (χ1) is 5.57. The van der Waals surface area contributed by atoms with E-state index in [9.17, 15) is 4.79 Å². The first-order valence-corrected chi connectivity index (χ1v) is 3.41. The largest absolute Gasteiger partial charge is 0.387 e. The average molecular weight is 178 g/mol. The van der Waals surface area contributed by atoms with Gasteiger partial charge in [-0.2, -0.15) is 0 Å². The fourth-order valence-corrected chi connectivity index (χ4v) is 1.000. The van der Waals surface area contributed by atoms with Gasteiger partial charge in [0, 0.05) is 0 Å². The average Bonchev–Trinajstić information content (AvgIpc) is 2.08. The predicted molar refractivity (Wildman–Crippen MR) is 35.0 cm³/mol. The van der Waals surface area contributed by atoms with E-state index in [1.165, 1.54) is 0 Å². The molecule has 0 radical (unpaired) electrons. The van der Waals surface area contributed by atoms with E-state index in [2.05, 4.69) is 4.74 Å². The number of aldehydes is 1. The summed E-state index contributed by atoms with van der Waals surface area (Å²) >= 11 is 0. The fourth-order valence-electron chi connectivity index (χ4n) is 1.000. The highest BCUT2D eigenvalue weighted by Gasteiger charge is 2.42. The van der Waals surface area contributed by atoms with E-state index in [-0.39, 0.29) is 6.29 Å². The van der Waals surface area contributed by atoms with Gasteiger partial charge in [-0.1, -0.05) is 0 Å². The summed E-state index contributed by atoms with van der Waals surface area (Å²) in [6.07, 6.45) is -7.33. The molecule has 6 nitrogen and oxygen atoms in total. The first-order valence-electron chi connectivity index (χ1n) is 3.41. The maximum Gasteiger partial charge on any atom is 0.184 e. The van der Waals surface area contributed by atoms with Crippen LogP contribution in [0.3, 0.4) is 0 Å². The molecular formula is C6H10O6. The van der Waals surface area contributed by atoms with Crippen LogP contribution in [0.25, 0.3) is 0 Å². The van der Waals surface area contributed by atoms with Crippen LogP contribution >= 0.6 is 0 Å². The summed E-state index contributed by atoms with van der Waals surface area (Å²) in [5.74, 6) is 0. The molecule has 1 rings (SSSR count). The Morgan fingerprint density at radius 3 is 2.08 bits per heavy atom. The van der Waals surface area contributed by atoms with E-state index in [0.717, 1.165) is 0 Å². The number of carbonyl (C=O) groups excluding carboxylic acids is 1. The van der Waals surface area contributed by atoms with Crippen LogP contribution in [-0.4, -0.2) is 57.4 Å². The lowest BCUT2D eigenvalue weighted by Crippen LogP contribution is -2.57. The number of carbonyl (C=O) groups is 1. The van der Waals surface area contributed by atoms with E-state index in [0.29, 0.717) is 0 Å². The number of aliphatic hydroxyl groups is 4. The molecule has 4 N–H and O–H groups in total. The summed E-state index contributed by atoms with van der Waals surface area (Å²) in [6, 6.07) is 0. The van der Waals surface area contributed by atoms with Crippen LogP contribution in [0.1, 0.15) is 0 Å². The van der Waals surface area contributed by atoms with Crippen molar-refractivity contribution in [3.8, 4) is 0 Å². The maximum absolute atomic E-state index is 10.2. The van der Waals surface area contributed by atoms with Gasteiger partial charge in [-0.3, -0.25) is 0 Å². The molecule has 1 heterocycles. The summed E-state index contributed by atoms with van der Waals surface area (Å²) in [7, 11) is 0. The third-order valence-electron chi connectivity index (χ3n) is 1.76. The van der Waals surface area contributed by atoms with Gasteiger partial charge in [0.1, 0.15) is 24.4 Å². The summed E-state index contributed by atoms with van der Waals surface area (Å²) in [6.45, 7) is 0. The number of hydrogen-bond acceptors (Lipinski definition) is 6. The highest BCUT2D eigenvalue weighted by atomic mass is 16.6. The number of hydrogen-bond donors (Lipinski definition) is 4. The molecule has 0 aliphatic carbocycles. The van der Waals surface area contributed by atoms with Crippen molar-refractivity contribution in [2.75, 3.05) is 0 Å². The van der Waals surface area contributed by atoms with Crippen LogP contribution in [0.15, 0.2) is 0 Å². The highest BCUT2D eigenvalue weighted by molar-refractivity contribution is 5.57. The molecule has 12 heavy (non-hydrogen) atoms. The molecule has 1 fully saturated rings. The Kier molecular flexibility index (Phi) is 2.76. The van der Waals surface area contributed by atoms with Gasteiger partial charge in [-0.25, -0.2) is 0 Å². The van der Waals surface area contributed by atoms with Crippen molar-refractivity contribution >= 4 is 6.29 Å². The van der Waals surface area contributed by atoms with E-state index in [4.69, 9.17) is 20.4 Å². The Bertz CT molecular complexity index is 171. The highest BCUT2D eigenvalue weighted by Crippen LogP contribution is 2.18. The minimum absolute atomic E-state index is 0.253. The van der Waals surface area contributed by atoms with Crippen molar-refractivity contribution in [1.29, 1.82) is 0 Å². The van der Waals surface area contributed by atoms with Gasteiger partial charge < -0.3 is 30.0 Å². The Balaban J connectivity index is 2.70. The summed E-state index contributed by atoms with van der Waals surface area (Å²) in [5.41, 5.74) is 0. The Labute approximate surface area is 68.0 Å². The van der Waals surface area contributed by atoms with Crippen molar-refractivity contribution in [1.82, 2.24) is 0 Å². The van der Waals surface area contributed by atoms with Crippen LogP contribution in [-0.2, 0) is 9.53 Å². The Morgan fingerprint density at radius 2 is 1.58 bits per heavy atom. The number of rotatable bonds is 1. The molecule has 0 aromatic rings. The molecule has 0 aromatic heterocycles. The van der Waals surface area contributed by atoms with Crippen molar-refractivity contribution in [3.05, 3.63) is 0 Å². The summed E-state index contributed by atoms with van der Waals surface area (Å²) < 4.78 is 4.46. The molecule has 5 atom stereocenters. The van der Waals surface area contributed by atoms with Crippen LogP contribution < -0.4 is 0 Å². The molecule has 2 unspecified atom stereocenters. The smallest absolute Gasteiger partial charge is 0.184 e. The third kappa shape index (κ3) is 1.47. The van der Waals surface area contributed by atoms with E-state index in [1.54, 1.807) is 0 Å². The number of aliphatic hydroxyl groups excluding tert-OH is 4. The maximum atomic E-state index is 10.2. The van der Waals surface area contributed by atoms with Crippen LogP contribution in [0, 0.1) is 0 Å². The van der Waals surface area contributed by atoms with Crippen molar-refractivity contribution in [3.63, 3.8) is 0 Å². The van der Waals surface area contributed by atoms with Gasteiger partial charge >= 0.3 is 0 Å². The second-order valence-corrected chi connectivity index (χ2v) is 2.60. The van der Waals surface area contributed by atoms with Crippen molar-refractivity contribution in [2.45, 2.75) is 30.7 Å². The first kappa shape index (κ1) is 9.56. The molecule has 0 aromatic carbocycles. The van der Waals surface area contributed by atoms with E-state index in [1.807, 2.05) is 0 Å². The van der Waals surface area contributed by atoms with Crippen molar-refractivity contribution in [2.24, 2.45) is 0 Å². The minimum Gasteiger partial charge on any atom is -0.387 e. The van der Waals surface area contributed by atoms with Crippen LogP contribution in [0.5, 0.6) is 0 Å². The number of ether oxygens (including phenoxy) is 1. The van der Waals surface area contributed by atoms with E-state index < -0.39 is 30.7 Å². The molecule has 6 heteroatoms. The molecule has 1 aliphatic heterocycles. The predicted octanol–water partition coefficient (Wildman–Crippen LogP) is -3.01. The van der Waals surface area contributed by atoms with Gasteiger partial charge in [-0.05, 0) is 0 Å². The molecule has 70 valence electrons. The van der Waals surface area contributed by atoms with Gasteiger partial charge in [0.25, 0.3) is 0 Å². The van der Waals surface area contributed by atoms with Crippen LogP contribution in [0.4, 0.5) is 0 Å². The zero-order valence-electron chi connectivity index (χ0n) is 6.07. The summed E-state index contributed by atoms with van der Waals surface area (Å²) in [5, 5.41) is 35.9. The molecule has 0 bridgehead atoms. The van der Waals surface area contributed by atoms with Gasteiger partial charge in [0.05, 0.1) is 0 Å². The molecule has 0 spiro atoms. The second-order valence-electron chi connectivity index (χ2n) is 2.60. The van der Waals surface area contributed by atoms with E-state index >= 15 is 0 Å². The molecule has 0 saturated carbocycles. The fraction of sp³-hybridized carbons (Fsp3) is 0.833. The molecular weight excluding hydrogens is 168 g/mol. The second kappa shape index (κ2) is 3.46. The monoisotopic (exact) mass is 178 g/mol. The topological polar surface area (TPSA) is 107 Å². The molecule has 1 aliphatic rings. The lowest BCUT2D eigenvalue weighted by atomic mass is 10.00. The Hall–Kier alpha value is -0.530. The lowest BCUT2D eigenvalue weighted by Gasteiger charge is -2.35.